The maximum absolute atomic E-state index is 2.44. The standard InChI is InChI=1S/C14H24/c1-13(2)9-7-12-11(10-13)6-5-8-14(12,3)4/h5-10H2,1-4H3. The summed E-state index contributed by atoms with van der Waals surface area (Å²) in [5.74, 6) is 0. The Morgan fingerprint density at radius 1 is 0.929 bits per heavy atom. The Morgan fingerprint density at radius 2 is 1.64 bits per heavy atom. The van der Waals surface area contributed by atoms with Crippen molar-refractivity contribution < 1.29 is 0 Å². The molecule has 0 fully saturated rings. The number of rotatable bonds is 0. The molecule has 2 rings (SSSR count). The Labute approximate surface area is 88.8 Å². The van der Waals surface area contributed by atoms with Crippen molar-refractivity contribution in [2.75, 3.05) is 0 Å². The number of allylic oxidation sites excluding steroid dienone is 2. The van der Waals surface area contributed by atoms with Crippen LogP contribution in [0, 0.1) is 10.8 Å². The summed E-state index contributed by atoms with van der Waals surface area (Å²) >= 11 is 0. The summed E-state index contributed by atoms with van der Waals surface area (Å²) in [6.45, 7) is 9.75. The molecule has 0 heteroatoms. The molecule has 0 amide bonds. The van der Waals surface area contributed by atoms with Gasteiger partial charge in [-0.1, -0.05) is 38.8 Å². The van der Waals surface area contributed by atoms with Crippen molar-refractivity contribution in [1.82, 2.24) is 0 Å². The zero-order valence-corrected chi connectivity index (χ0v) is 10.2. The third-order valence-corrected chi connectivity index (χ3v) is 4.27. The van der Waals surface area contributed by atoms with Crippen LogP contribution in [0.3, 0.4) is 0 Å². The molecule has 0 saturated carbocycles. The molecule has 0 unspecified atom stereocenters. The van der Waals surface area contributed by atoms with E-state index in [1.165, 1.54) is 38.5 Å². The Balaban J connectivity index is 2.30. The Morgan fingerprint density at radius 3 is 2.36 bits per heavy atom. The first-order chi connectivity index (χ1) is 6.41. The molecule has 0 spiro atoms. The van der Waals surface area contributed by atoms with Gasteiger partial charge >= 0.3 is 0 Å². The van der Waals surface area contributed by atoms with Crippen LogP contribution in [0.2, 0.25) is 0 Å². The zero-order valence-electron chi connectivity index (χ0n) is 10.2. The van der Waals surface area contributed by atoms with E-state index in [2.05, 4.69) is 27.7 Å². The highest BCUT2D eigenvalue weighted by atomic mass is 14.4. The second-order valence-corrected chi connectivity index (χ2v) is 6.66. The van der Waals surface area contributed by atoms with Gasteiger partial charge in [0, 0.05) is 0 Å². The van der Waals surface area contributed by atoms with Crippen LogP contribution >= 0.6 is 0 Å². The first kappa shape index (κ1) is 10.3. The lowest BCUT2D eigenvalue weighted by molar-refractivity contribution is 0.254. The van der Waals surface area contributed by atoms with Gasteiger partial charge in [0.25, 0.3) is 0 Å². The summed E-state index contributed by atoms with van der Waals surface area (Å²) in [5.41, 5.74) is 4.73. The van der Waals surface area contributed by atoms with Crippen LogP contribution < -0.4 is 0 Å². The molecule has 14 heavy (non-hydrogen) atoms. The fourth-order valence-electron chi connectivity index (χ4n) is 3.36. The Hall–Kier alpha value is -0.260. The highest BCUT2D eigenvalue weighted by Crippen LogP contribution is 2.50. The van der Waals surface area contributed by atoms with E-state index < -0.39 is 0 Å². The van der Waals surface area contributed by atoms with Crippen molar-refractivity contribution in [2.24, 2.45) is 10.8 Å². The summed E-state index contributed by atoms with van der Waals surface area (Å²) in [6.07, 6.45) is 8.35. The number of hydrogen-bond donors (Lipinski definition) is 0. The van der Waals surface area contributed by atoms with E-state index in [0.29, 0.717) is 10.8 Å². The Kier molecular flexibility index (Phi) is 2.28. The average molecular weight is 192 g/mol. The molecule has 0 bridgehead atoms. The number of hydrogen-bond acceptors (Lipinski definition) is 0. The molecule has 0 atom stereocenters. The molecule has 0 aromatic rings. The van der Waals surface area contributed by atoms with Gasteiger partial charge in [-0.2, -0.15) is 0 Å². The van der Waals surface area contributed by atoms with Crippen molar-refractivity contribution in [3.63, 3.8) is 0 Å². The monoisotopic (exact) mass is 192 g/mol. The van der Waals surface area contributed by atoms with Crippen molar-refractivity contribution in [2.45, 2.75) is 66.2 Å². The van der Waals surface area contributed by atoms with Gasteiger partial charge in [-0.05, 0) is 49.4 Å². The molecule has 0 aromatic heterocycles. The van der Waals surface area contributed by atoms with Crippen LogP contribution in [0.4, 0.5) is 0 Å². The summed E-state index contributed by atoms with van der Waals surface area (Å²) < 4.78 is 0. The average Bonchev–Trinajstić information content (AvgIpc) is 2.00. The first-order valence-electron chi connectivity index (χ1n) is 6.12. The minimum atomic E-state index is 0.518. The van der Waals surface area contributed by atoms with E-state index in [1.807, 2.05) is 11.1 Å². The Bertz CT molecular complexity index is 266. The maximum Gasteiger partial charge on any atom is -0.0142 e. The van der Waals surface area contributed by atoms with Crippen molar-refractivity contribution in [3.05, 3.63) is 11.1 Å². The zero-order chi connectivity index (χ0) is 10.4. The lowest BCUT2D eigenvalue weighted by Gasteiger charge is -2.43. The molecule has 0 aromatic carbocycles. The fraction of sp³-hybridized carbons (Fsp3) is 0.857. The van der Waals surface area contributed by atoms with Crippen LogP contribution in [-0.4, -0.2) is 0 Å². The summed E-state index contributed by atoms with van der Waals surface area (Å²) in [6, 6.07) is 0. The molecule has 0 heterocycles. The molecule has 0 radical (unpaired) electrons. The smallest absolute Gasteiger partial charge is 0.0142 e. The van der Waals surface area contributed by atoms with Crippen LogP contribution in [0.5, 0.6) is 0 Å². The van der Waals surface area contributed by atoms with E-state index in [0.717, 1.165) is 0 Å². The van der Waals surface area contributed by atoms with Crippen LogP contribution in [0.25, 0.3) is 0 Å². The molecule has 0 saturated heterocycles. The molecule has 2 aliphatic carbocycles. The molecule has 0 aliphatic heterocycles. The lowest BCUT2D eigenvalue weighted by atomic mass is 9.63. The summed E-state index contributed by atoms with van der Waals surface area (Å²) in [5, 5.41) is 0. The third kappa shape index (κ3) is 1.76. The largest absolute Gasteiger partial charge is 0.0699 e. The summed E-state index contributed by atoms with van der Waals surface area (Å²) in [7, 11) is 0. The van der Waals surface area contributed by atoms with Gasteiger partial charge in [0.05, 0.1) is 0 Å². The molecule has 0 N–H and O–H groups in total. The van der Waals surface area contributed by atoms with Crippen molar-refractivity contribution in [3.8, 4) is 0 Å². The highest BCUT2D eigenvalue weighted by molar-refractivity contribution is 5.27. The predicted molar refractivity (Wildman–Crippen MR) is 62.3 cm³/mol. The van der Waals surface area contributed by atoms with E-state index in [9.17, 15) is 0 Å². The predicted octanol–water partition coefficient (Wildman–Crippen LogP) is 4.70. The van der Waals surface area contributed by atoms with Gasteiger partial charge in [-0.25, -0.2) is 0 Å². The van der Waals surface area contributed by atoms with Gasteiger partial charge < -0.3 is 0 Å². The first-order valence-corrected chi connectivity index (χ1v) is 6.12. The van der Waals surface area contributed by atoms with Crippen LogP contribution in [0.15, 0.2) is 11.1 Å². The van der Waals surface area contributed by atoms with Gasteiger partial charge in [-0.15, -0.1) is 0 Å². The topological polar surface area (TPSA) is 0 Å². The van der Waals surface area contributed by atoms with Gasteiger partial charge in [0.2, 0.25) is 0 Å². The highest BCUT2D eigenvalue weighted by Gasteiger charge is 2.35. The van der Waals surface area contributed by atoms with Gasteiger partial charge in [0.15, 0.2) is 0 Å². The van der Waals surface area contributed by atoms with Crippen LogP contribution in [0.1, 0.15) is 66.2 Å². The van der Waals surface area contributed by atoms with Crippen molar-refractivity contribution >= 4 is 0 Å². The second kappa shape index (κ2) is 3.12. The van der Waals surface area contributed by atoms with Gasteiger partial charge in [0.1, 0.15) is 0 Å². The second-order valence-electron chi connectivity index (χ2n) is 6.66. The minimum Gasteiger partial charge on any atom is -0.0699 e. The summed E-state index contributed by atoms with van der Waals surface area (Å²) in [4.78, 5) is 0. The third-order valence-electron chi connectivity index (χ3n) is 4.27. The van der Waals surface area contributed by atoms with Gasteiger partial charge in [-0.3, -0.25) is 0 Å². The van der Waals surface area contributed by atoms with Crippen LogP contribution in [-0.2, 0) is 0 Å². The molecule has 0 nitrogen and oxygen atoms in total. The fourth-order valence-corrected chi connectivity index (χ4v) is 3.36. The van der Waals surface area contributed by atoms with E-state index in [-0.39, 0.29) is 0 Å². The van der Waals surface area contributed by atoms with Crippen molar-refractivity contribution in [1.29, 1.82) is 0 Å². The maximum atomic E-state index is 2.44. The van der Waals surface area contributed by atoms with E-state index >= 15 is 0 Å². The molecular formula is C14H24. The minimum absolute atomic E-state index is 0.518. The lowest BCUT2D eigenvalue weighted by Crippen LogP contribution is -2.28. The quantitative estimate of drug-likeness (QED) is 0.488. The van der Waals surface area contributed by atoms with E-state index in [1.54, 1.807) is 0 Å². The normalized spacial score (nSPS) is 30.0. The molecule has 80 valence electrons. The SMILES string of the molecule is CC1(C)CCC2=C(CCCC2(C)C)C1. The van der Waals surface area contributed by atoms with E-state index in [4.69, 9.17) is 0 Å². The molecule has 2 aliphatic rings. The molecular weight excluding hydrogens is 168 g/mol.